The summed E-state index contributed by atoms with van der Waals surface area (Å²) in [5.41, 5.74) is 7.77. The van der Waals surface area contributed by atoms with Crippen LogP contribution in [0.2, 0.25) is 0 Å². The van der Waals surface area contributed by atoms with Crippen LogP contribution >= 0.6 is 22.7 Å². The van der Waals surface area contributed by atoms with Crippen LogP contribution in [-0.2, 0) is 11.3 Å². The van der Waals surface area contributed by atoms with Crippen LogP contribution < -0.4 is 5.73 Å². The first kappa shape index (κ1) is 15.9. The maximum Gasteiger partial charge on any atom is 0.244 e. The Hall–Kier alpha value is -2.02. The molecule has 6 heteroatoms. The van der Waals surface area contributed by atoms with Gasteiger partial charge < -0.3 is 10.6 Å². The molecule has 1 atom stereocenters. The van der Waals surface area contributed by atoms with Gasteiger partial charge in [0.05, 0.1) is 17.1 Å². The summed E-state index contributed by atoms with van der Waals surface area (Å²) in [5, 5.41) is 5.01. The van der Waals surface area contributed by atoms with Gasteiger partial charge in [-0.3, -0.25) is 4.79 Å². The monoisotopic (exact) mass is 343 g/mol. The van der Waals surface area contributed by atoms with Crippen molar-refractivity contribution in [3.05, 3.63) is 64.5 Å². The predicted molar refractivity (Wildman–Crippen MR) is 95.3 cm³/mol. The van der Waals surface area contributed by atoms with Crippen LogP contribution in [0.4, 0.5) is 0 Å². The standard InChI is InChI=1S/C17H17N3OS2/c1-20(17(21)15(18)12-6-3-2-4-7-12)10-13-11-23-16(19-13)14-8-5-9-22-14/h2-9,11,15H,10,18H2,1H3/t15-/m0/s1. The minimum atomic E-state index is -0.642. The highest BCUT2D eigenvalue weighted by molar-refractivity contribution is 7.20. The summed E-state index contributed by atoms with van der Waals surface area (Å²) in [5.74, 6) is -0.109. The van der Waals surface area contributed by atoms with Crippen molar-refractivity contribution in [2.24, 2.45) is 5.73 Å². The summed E-state index contributed by atoms with van der Waals surface area (Å²) >= 11 is 3.26. The summed E-state index contributed by atoms with van der Waals surface area (Å²) in [7, 11) is 1.76. The van der Waals surface area contributed by atoms with Gasteiger partial charge in [-0.25, -0.2) is 4.98 Å². The van der Waals surface area contributed by atoms with Gasteiger partial charge >= 0.3 is 0 Å². The zero-order chi connectivity index (χ0) is 16.2. The van der Waals surface area contributed by atoms with Gasteiger partial charge in [0.15, 0.2) is 0 Å². The maximum absolute atomic E-state index is 12.5. The molecule has 0 spiro atoms. The highest BCUT2D eigenvalue weighted by Crippen LogP contribution is 2.28. The van der Waals surface area contributed by atoms with Crippen LogP contribution in [0.25, 0.3) is 9.88 Å². The van der Waals surface area contributed by atoms with Crippen LogP contribution in [0.3, 0.4) is 0 Å². The van der Waals surface area contributed by atoms with E-state index in [1.54, 1.807) is 34.6 Å². The molecule has 23 heavy (non-hydrogen) atoms. The van der Waals surface area contributed by atoms with Gasteiger partial charge in [-0.1, -0.05) is 36.4 Å². The largest absolute Gasteiger partial charge is 0.338 e. The van der Waals surface area contributed by atoms with E-state index >= 15 is 0 Å². The van der Waals surface area contributed by atoms with Crippen molar-refractivity contribution < 1.29 is 4.79 Å². The molecule has 0 fully saturated rings. The summed E-state index contributed by atoms with van der Waals surface area (Å²) in [6.45, 7) is 0.460. The Kier molecular flexibility index (Phi) is 4.85. The zero-order valence-corrected chi connectivity index (χ0v) is 14.3. The molecule has 0 saturated heterocycles. The topological polar surface area (TPSA) is 59.2 Å². The molecule has 0 bridgehead atoms. The van der Waals surface area contributed by atoms with Crippen molar-refractivity contribution in [2.75, 3.05) is 7.05 Å². The van der Waals surface area contributed by atoms with E-state index in [1.807, 2.05) is 53.2 Å². The summed E-state index contributed by atoms with van der Waals surface area (Å²) in [6, 6.07) is 12.8. The molecule has 1 aromatic carbocycles. The highest BCUT2D eigenvalue weighted by atomic mass is 32.1. The number of thiazole rings is 1. The number of benzene rings is 1. The van der Waals surface area contributed by atoms with Crippen LogP contribution in [-0.4, -0.2) is 22.8 Å². The quantitative estimate of drug-likeness (QED) is 0.771. The van der Waals surface area contributed by atoms with Gasteiger partial charge in [-0.15, -0.1) is 22.7 Å². The number of aromatic nitrogens is 1. The maximum atomic E-state index is 12.5. The lowest BCUT2D eigenvalue weighted by atomic mass is 10.1. The van der Waals surface area contributed by atoms with E-state index in [9.17, 15) is 4.79 Å². The van der Waals surface area contributed by atoms with Crippen molar-refractivity contribution in [1.82, 2.24) is 9.88 Å². The number of nitrogens with zero attached hydrogens (tertiary/aromatic N) is 2. The van der Waals surface area contributed by atoms with E-state index in [1.165, 1.54) is 0 Å². The number of thiophene rings is 1. The van der Waals surface area contributed by atoms with E-state index in [0.717, 1.165) is 21.1 Å². The highest BCUT2D eigenvalue weighted by Gasteiger charge is 2.20. The second-order valence-electron chi connectivity index (χ2n) is 5.20. The lowest BCUT2D eigenvalue weighted by molar-refractivity contribution is -0.132. The lowest BCUT2D eigenvalue weighted by Crippen LogP contribution is -2.35. The zero-order valence-electron chi connectivity index (χ0n) is 12.7. The average molecular weight is 343 g/mol. The van der Waals surface area contributed by atoms with Crippen LogP contribution in [0.5, 0.6) is 0 Å². The Balaban J connectivity index is 1.67. The van der Waals surface area contributed by atoms with Gasteiger partial charge in [0, 0.05) is 12.4 Å². The number of amides is 1. The molecule has 1 amide bonds. The summed E-state index contributed by atoms with van der Waals surface area (Å²) in [4.78, 5) is 19.8. The fraction of sp³-hybridized carbons (Fsp3) is 0.176. The van der Waals surface area contributed by atoms with Gasteiger partial charge in [0.2, 0.25) is 5.91 Å². The van der Waals surface area contributed by atoms with Crippen molar-refractivity contribution in [3.63, 3.8) is 0 Å². The number of carbonyl (C=O) groups excluding carboxylic acids is 1. The molecule has 2 N–H and O–H groups in total. The fourth-order valence-corrected chi connectivity index (χ4v) is 3.88. The fourth-order valence-electron chi connectivity index (χ4n) is 2.25. The Bertz CT molecular complexity index is 768. The Labute approximate surface area is 143 Å². The second kappa shape index (κ2) is 7.04. The number of nitrogens with two attached hydrogens (primary N) is 1. The van der Waals surface area contributed by atoms with Crippen molar-refractivity contribution >= 4 is 28.6 Å². The molecule has 3 rings (SSSR count). The van der Waals surface area contributed by atoms with Gasteiger partial charge in [-0.2, -0.15) is 0 Å². The summed E-state index contributed by atoms with van der Waals surface area (Å²) in [6.07, 6.45) is 0. The molecule has 0 unspecified atom stereocenters. The number of rotatable bonds is 5. The molecule has 0 radical (unpaired) electrons. The molecule has 0 aliphatic carbocycles. The number of likely N-dealkylation sites (N-methyl/N-ethyl adjacent to an activating group) is 1. The predicted octanol–water partition coefficient (Wildman–Crippen LogP) is 3.53. The van der Waals surface area contributed by atoms with Crippen LogP contribution in [0.15, 0.2) is 53.2 Å². The first-order chi connectivity index (χ1) is 11.1. The first-order valence-electron chi connectivity index (χ1n) is 7.19. The molecule has 2 aromatic heterocycles. The number of hydrogen-bond donors (Lipinski definition) is 1. The number of hydrogen-bond acceptors (Lipinski definition) is 5. The molecule has 0 aliphatic rings. The van der Waals surface area contributed by atoms with Crippen LogP contribution in [0, 0.1) is 0 Å². The van der Waals surface area contributed by atoms with Crippen molar-refractivity contribution in [1.29, 1.82) is 0 Å². The first-order valence-corrected chi connectivity index (χ1v) is 8.95. The van der Waals surface area contributed by atoms with Gasteiger partial charge in [-0.05, 0) is 17.0 Å². The third-order valence-electron chi connectivity index (χ3n) is 3.48. The van der Waals surface area contributed by atoms with Gasteiger partial charge in [0.25, 0.3) is 0 Å². The normalized spacial score (nSPS) is 12.1. The molecule has 2 heterocycles. The van der Waals surface area contributed by atoms with Gasteiger partial charge in [0.1, 0.15) is 11.0 Å². The third-order valence-corrected chi connectivity index (χ3v) is 5.41. The molecule has 118 valence electrons. The van der Waals surface area contributed by atoms with Crippen LogP contribution in [0.1, 0.15) is 17.3 Å². The van der Waals surface area contributed by atoms with E-state index in [-0.39, 0.29) is 5.91 Å². The molecule has 3 aromatic rings. The summed E-state index contributed by atoms with van der Waals surface area (Å²) < 4.78 is 0. The molecular formula is C17H17N3OS2. The Morgan fingerprint density at radius 1 is 1.22 bits per heavy atom. The molecule has 4 nitrogen and oxygen atoms in total. The molecule has 0 saturated carbocycles. The third kappa shape index (κ3) is 3.67. The SMILES string of the molecule is CN(Cc1csc(-c2cccs2)n1)C(=O)[C@@H](N)c1ccccc1. The Morgan fingerprint density at radius 3 is 2.70 bits per heavy atom. The smallest absolute Gasteiger partial charge is 0.244 e. The van der Waals surface area contributed by atoms with Crippen molar-refractivity contribution in [3.8, 4) is 9.88 Å². The lowest BCUT2D eigenvalue weighted by Gasteiger charge is -2.20. The van der Waals surface area contributed by atoms with E-state index < -0.39 is 6.04 Å². The molecular weight excluding hydrogens is 326 g/mol. The minimum Gasteiger partial charge on any atom is -0.338 e. The average Bonchev–Trinajstić information content (AvgIpc) is 3.25. The molecule has 0 aliphatic heterocycles. The number of carbonyl (C=O) groups is 1. The second-order valence-corrected chi connectivity index (χ2v) is 7.01. The van der Waals surface area contributed by atoms with Crippen molar-refractivity contribution in [2.45, 2.75) is 12.6 Å². The Morgan fingerprint density at radius 2 is 2.00 bits per heavy atom. The minimum absolute atomic E-state index is 0.109. The van der Waals surface area contributed by atoms with E-state index in [2.05, 4.69) is 4.98 Å². The van der Waals surface area contributed by atoms with E-state index in [0.29, 0.717) is 6.54 Å². The van der Waals surface area contributed by atoms with E-state index in [4.69, 9.17) is 5.73 Å².